The molecule has 0 aliphatic heterocycles. The first-order chi connectivity index (χ1) is 6.97. The van der Waals surface area contributed by atoms with Crippen LogP contribution in [0.3, 0.4) is 0 Å². The summed E-state index contributed by atoms with van der Waals surface area (Å²) < 4.78 is 13.4. The van der Waals surface area contributed by atoms with Crippen LogP contribution in [0.15, 0.2) is 12.7 Å². The lowest BCUT2D eigenvalue weighted by Gasteiger charge is -2.20. The molecule has 0 aromatic heterocycles. The van der Waals surface area contributed by atoms with Gasteiger partial charge in [0.25, 0.3) is 0 Å². The van der Waals surface area contributed by atoms with Crippen LogP contribution in [0.25, 0.3) is 0 Å². The average molecular weight is 220 g/mol. The highest BCUT2D eigenvalue weighted by Gasteiger charge is 2.25. The lowest BCUT2D eigenvalue weighted by atomic mass is 10.4. The summed E-state index contributed by atoms with van der Waals surface area (Å²) in [5.41, 5.74) is 0. The molecule has 86 valence electrons. The molecule has 0 saturated carbocycles. The standard InChI is InChI=1S/C8H12O7/c1-3-4-13-6(15-8(11)12)5(2)14-7(9)10/h3,5-6H,1,4H2,2H3,(H,9,10)(H,11,12). The summed E-state index contributed by atoms with van der Waals surface area (Å²) in [4.78, 5) is 20.4. The Morgan fingerprint density at radius 2 is 1.87 bits per heavy atom. The predicted molar refractivity (Wildman–Crippen MR) is 47.6 cm³/mol. The molecular formula is C8H12O7. The molecule has 2 N–H and O–H groups in total. The number of carboxylic acid groups (broad SMARTS) is 2. The maximum absolute atomic E-state index is 10.2. The fourth-order valence-electron chi connectivity index (χ4n) is 0.742. The maximum atomic E-state index is 10.2. The normalized spacial score (nSPS) is 13.7. The first-order valence-corrected chi connectivity index (χ1v) is 3.99. The molecule has 2 atom stereocenters. The van der Waals surface area contributed by atoms with Crippen LogP contribution in [0, 0.1) is 0 Å². The van der Waals surface area contributed by atoms with Gasteiger partial charge in [0.2, 0.25) is 6.29 Å². The fourth-order valence-corrected chi connectivity index (χ4v) is 0.742. The van der Waals surface area contributed by atoms with Crippen LogP contribution in [0.2, 0.25) is 0 Å². The number of hydrogen-bond acceptors (Lipinski definition) is 5. The zero-order chi connectivity index (χ0) is 11.8. The molecule has 0 spiro atoms. The average Bonchev–Trinajstić information content (AvgIpc) is 2.10. The van der Waals surface area contributed by atoms with Crippen molar-refractivity contribution >= 4 is 12.3 Å². The quantitative estimate of drug-likeness (QED) is 0.395. The summed E-state index contributed by atoms with van der Waals surface area (Å²) in [6.45, 7) is 4.68. The lowest BCUT2D eigenvalue weighted by molar-refractivity contribution is -0.164. The Morgan fingerprint density at radius 1 is 1.33 bits per heavy atom. The molecule has 0 bridgehead atoms. The van der Waals surface area contributed by atoms with Gasteiger partial charge in [-0.3, -0.25) is 0 Å². The van der Waals surface area contributed by atoms with Gasteiger partial charge in [0.15, 0.2) is 6.10 Å². The number of hydrogen-bond donors (Lipinski definition) is 2. The molecule has 15 heavy (non-hydrogen) atoms. The molecule has 0 aromatic rings. The van der Waals surface area contributed by atoms with Gasteiger partial charge >= 0.3 is 12.3 Å². The van der Waals surface area contributed by atoms with Crippen LogP contribution < -0.4 is 0 Å². The Balaban J connectivity index is 4.24. The second kappa shape index (κ2) is 6.66. The van der Waals surface area contributed by atoms with E-state index in [0.29, 0.717) is 0 Å². The molecule has 7 heteroatoms. The van der Waals surface area contributed by atoms with Crippen molar-refractivity contribution in [2.24, 2.45) is 0 Å². The van der Waals surface area contributed by atoms with E-state index in [1.54, 1.807) is 0 Å². The summed E-state index contributed by atoms with van der Waals surface area (Å²) in [5, 5.41) is 16.6. The third kappa shape index (κ3) is 6.33. The van der Waals surface area contributed by atoms with Crippen molar-refractivity contribution in [3.63, 3.8) is 0 Å². The summed E-state index contributed by atoms with van der Waals surface area (Å²) in [6.07, 6.45) is -4.12. The number of rotatable bonds is 6. The van der Waals surface area contributed by atoms with Gasteiger partial charge in [-0.25, -0.2) is 9.59 Å². The SMILES string of the molecule is C=CCOC(OC(=O)O)C(C)OC(=O)O. The first-order valence-electron chi connectivity index (χ1n) is 3.99. The molecule has 0 aliphatic rings. The van der Waals surface area contributed by atoms with E-state index in [9.17, 15) is 9.59 Å². The minimum atomic E-state index is -1.58. The molecule has 0 amide bonds. The summed E-state index contributed by atoms with van der Waals surface area (Å²) >= 11 is 0. The van der Waals surface area contributed by atoms with E-state index < -0.39 is 24.7 Å². The van der Waals surface area contributed by atoms with E-state index in [2.05, 4.69) is 16.1 Å². The van der Waals surface area contributed by atoms with Crippen LogP contribution in [0.5, 0.6) is 0 Å². The fraction of sp³-hybridized carbons (Fsp3) is 0.500. The lowest BCUT2D eigenvalue weighted by Crippen LogP contribution is -2.34. The Kier molecular flexibility index (Phi) is 5.88. The zero-order valence-electron chi connectivity index (χ0n) is 8.08. The zero-order valence-corrected chi connectivity index (χ0v) is 8.08. The Morgan fingerprint density at radius 3 is 2.27 bits per heavy atom. The topological polar surface area (TPSA) is 102 Å². The van der Waals surface area contributed by atoms with Gasteiger partial charge in [-0.05, 0) is 6.92 Å². The van der Waals surface area contributed by atoms with E-state index in [4.69, 9.17) is 14.9 Å². The van der Waals surface area contributed by atoms with Crippen molar-refractivity contribution in [3.8, 4) is 0 Å². The van der Waals surface area contributed by atoms with Crippen LogP contribution in [0.1, 0.15) is 6.92 Å². The first kappa shape index (κ1) is 13.2. The molecular weight excluding hydrogens is 208 g/mol. The van der Waals surface area contributed by atoms with Gasteiger partial charge < -0.3 is 24.4 Å². The second-order valence-electron chi connectivity index (χ2n) is 2.46. The highest BCUT2D eigenvalue weighted by molar-refractivity contribution is 5.58. The highest BCUT2D eigenvalue weighted by atomic mass is 16.8. The van der Waals surface area contributed by atoms with Gasteiger partial charge in [0, 0.05) is 0 Å². The maximum Gasteiger partial charge on any atom is 0.508 e. The molecule has 0 aliphatic carbocycles. The van der Waals surface area contributed by atoms with Gasteiger partial charge in [0.1, 0.15) is 0 Å². The van der Waals surface area contributed by atoms with Gasteiger partial charge in [-0.2, -0.15) is 0 Å². The smallest absolute Gasteiger partial charge is 0.450 e. The summed E-state index contributed by atoms with van der Waals surface area (Å²) in [6, 6.07) is 0. The molecule has 0 heterocycles. The van der Waals surface area contributed by atoms with Crippen molar-refractivity contribution in [2.45, 2.75) is 19.3 Å². The molecule has 7 nitrogen and oxygen atoms in total. The second-order valence-corrected chi connectivity index (χ2v) is 2.46. The van der Waals surface area contributed by atoms with Crippen molar-refractivity contribution in [1.82, 2.24) is 0 Å². The largest absolute Gasteiger partial charge is 0.508 e. The van der Waals surface area contributed by atoms with Crippen LogP contribution in [0.4, 0.5) is 9.59 Å². The van der Waals surface area contributed by atoms with E-state index >= 15 is 0 Å². The Labute approximate surface area is 85.9 Å². The molecule has 0 radical (unpaired) electrons. The van der Waals surface area contributed by atoms with Crippen molar-refractivity contribution in [2.75, 3.05) is 6.61 Å². The Bertz CT molecular complexity index is 237. The van der Waals surface area contributed by atoms with Crippen LogP contribution in [-0.4, -0.2) is 41.5 Å². The summed E-state index contributed by atoms with van der Waals surface area (Å²) in [5.74, 6) is 0. The van der Waals surface area contributed by atoms with Crippen molar-refractivity contribution in [1.29, 1.82) is 0 Å². The third-order valence-electron chi connectivity index (χ3n) is 1.27. The summed E-state index contributed by atoms with van der Waals surface area (Å²) in [7, 11) is 0. The van der Waals surface area contributed by atoms with E-state index in [1.807, 2.05) is 0 Å². The molecule has 2 unspecified atom stereocenters. The molecule has 0 saturated heterocycles. The monoisotopic (exact) mass is 220 g/mol. The number of ether oxygens (including phenoxy) is 3. The van der Waals surface area contributed by atoms with Crippen molar-refractivity contribution in [3.05, 3.63) is 12.7 Å². The predicted octanol–water partition coefficient (Wildman–Crippen LogP) is 1.29. The highest BCUT2D eigenvalue weighted by Crippen LogP contribution is 2.06. The van der Waals surface area contributed by atoms with Gasteiger partial charge in [0.05, 0.1) is 6.61 Å². The molecule has 0 aromatic carbocycles. The third-order valence-corrected chi connectivity index (χ3v) is 1.27. The van der Waals surface area contributed by atoms with Crippen molar-refractivity contribution < 1.29 is 34.0 Å². The van der Waals surface area contributed by atoms with E-state index in [-0.39, 0.29) is 6.61 Å². The molecule has 0 fully saturated rings. The minimum absolute atomic E-state index is 0.0191. The Hall–Kier alpha value is -1.76. The van der Waals surface area contributed by atoms with Crippen LogP contribution in [-0.2, 0) is 14.2 Å². The number of carbonyl (C=O) groups is 2. The van der Waals surface area contributed by atoms with Gasteiger partial charge in [-0.1, -0.05) is 6.08 Å². The van der Waals surface area contributed by atoms with E-state index in [0.717, 1.165) is 0 Å². The van der Waals surface area contributed by atoms with E-state index in [1.165, 1.54) is 13.0 Å². The minimum Gasteiger partial charge on any atom is -0.450 e. The molecule has 0 rings (SSSR count). The van der Waals surface area contributed by atoms with Crippen LogP contribution >= 0.6 is 0 Å². The van der Waals surface area contributed by atoms with Gasteiger partial charge in [-0.15, -0.1) is 6.58 Å².